The summed E-state index contributed by atoms with van der Waals surface area (Å²) in [4.78, 5) is 16.7. The van der Waals surface area contributed by atoms with E-state index in [1.807, 2.05) is 16.7 Å². The van der Waals surface area contributed by atoms with Gasteiger partial charge in [0.2, 0.25) is 5.91 Å². The van der Waals surface area contributed by atoms with Crippen LogP contribution < -0.4 is 5.32 Å². The number of rotatable bonds is 7. The number of hydrogen-bond acceptors (Lipinski definition) is 4. The monoisotopic (exact) mass is 423 g/mol. The lowest BCUT2D eigenvalue weighted by Gasteiger charge is -2.14. The molecule has 1 aromatic carbocycles. The van der Waals surface area contributed by atoms with E-state index in [1.54, 1.807) is 18.0 Å². The van der Waals surface area contributed by atoms with Crippen molar-refractivity contribution in [3.8, 4) is 0 Å². The van der Waals surface area contributed by atoms with Crippen LogP contribution in [0.4, 0.5) is 0 Å². The van der Waals surface area contributed by atoms with Gasteiger partial charge in [-0.3, -0.25) is 4.79 Å². The second-order valence-corrected chi connectivity index (χ2v) is 8.10. The number of imidazole rings is 1. The third-order valence-electron chi connectivity index (χ3n) is 4.37. The van der Waals surface area contributed by atoms with Crippen molar-refractivity contribution in [3.63, 3.8) is 0 Å². The van der Waals surface area contributed by atoms with Crippen molar-refractivity contribution in [2.45, 2.75) is 55.8 Å². The summed E-state index contributed by atoms with van der Waals surface area (Å²) in [5.41, 5.74) is 1.85. The van der Waals surface area contributed by atoms with Crippen LogP contribution >= 0.6 is 27.7 Å². The Balaban J connectivity index is 1.64. The topological polar surface area (TPSA) is 67.2 Å². The first-order valence-corrected chi connectivity index (χ1v) is 10.3. The third kappa shape index (κ3) is 5.09. The first-order valence-electron chi connectivity index (χ1n) is 8.47. The van der Waals surface area contributed by atoms with Crippen LogP contribution in [0, 0.1) is 0 Å². The van der Waals surface area contributed by atoms with Crippen molar-refractivity contribution in [1.29, 1.82) is 0 Å². The van der Waals surface area contributed by atoms with Crippen molar-refractivity contribution >= 4 is 33.6 Å². The standard InChI is InChI=1S/C18H22BrN3O2S/c19-14-7-5-13(6-8-14)12-25-18-20-9-16(11-23)22(18)10-17(24)21-15-3-1-2-4-15/h5-9,15,23H,1-4,10-12H2,(H,21,24). The fourth-order valence-corrected chi connectivity index (χ4v) is 4.24. The predicted molar refractivity (Wildman–Crippen MR) is 102 cm³/mol. The van der Waals surface area contributed by atoms with Crippen LogP contribution in [0.5, 0.6) is 0 Å². The minimum Gasteiger partial charge on any atom is -0.390 e. The number of nitrogens with one attached hydrogen (secondary N) is 1. The molecule has 1 heterocycles. The van der Waals surface area contributed by atoms with Crippen LogP contribution in [-0.4, -0.2) is 26.6 Å². The Hall–Kier alpha value is -1.31. The molecular formula is C18H22BrN3O2S. The molecule has 1 amide bonds. The second-order valence-electron chi connectivity index (χ2n) is 6.24. The van der Waals surface area contributed by atoms with E-state index in [-0.39, 0.29) is 19.1 Å². The van der Waals surface area contributed by atoms with Gasteiger partial charge in [0.25, 0.3) is 0 Å². The van der Waals surface area contributed by atoms with Gasteiger partial charge >= 0.3 is 0 Å². The van der Waals surface area contributed by atoms with Gasteiger partial charge in [0.05, 0.1) is 18.5 Å². The summed E-state index contributed by atoms with van der Waals surface area (Å²) in [5, 5.41) is 13.4. The molecule has 1 fully saturated rings. The van der Waals surface area contributed by atoms with Crippen LogP contribution in [0.3, 0.4) is 0 Å². The quantitative estimate of drug-likeness (QED) is 0.668. The molecule has 0 aliphatic heterocycles. The van der Waals surface area contributed by atoms with Gasteiger partial charge in [0.15, 0.2) is 5.16 Å². The number of benzene rings is 1. The van der Waals surface area contributed by atoms with E-state index < -0.39 is 0 Å². The first kappa shape index (κ1) is 18.5. The van der Waals surface area contributed by atoms with Gasteiger partial charge in [-0.2, -0.15) is 0 Å². The molecule has 0 atom stereocenters. The van der Waals surface area contributed by atoms with Crippen molar-refractivity contribution in [1.82, 2.24) is 14.9 Å². The molecule has 1 aliphatic carbocycles. The van der Waals surface area contributed by atoms with Crippen LogP contribution in [0.2, 0.25) is 0 Å². The molecule has 134 valence electrons. The average Bonchev–Trinajstić information content (AvgIpc) is 3.24. The Labute approximate surface area is 160 Å². The van der Waals surface area contributed by atoms with Crippen LogP contribution in [-0.2, 0) is 23.7 Å². The highest BCUT2D eigenvalue weighted by Crippen LogP contribution is 2.24. The summed E-state index contributed by atoms with van der Waals surface area (Å²) in [5.74, 6) is 0.754. The van der Waals surface area contributed by atoms with Crippen LogP contribution in [0.15, 0.2) is 40.1 Å². The largest absolute Gasteiger partial charge is 0.390 e. The summed E-state index contributed by atoms with van der Waals surface area (Å²) >= 11 is 5.01. The number of thioether (sulfide) groups is 1. The molecule has 0 unspecified atom stereocenters. The zero-order valence-electron chi connectivity index (χ0n) is 13.9. The van der Waals surface area contributed by atoms with Crippen LogP contribution in [0.25, 0.3) is 0 Å². The van der Waals surface area contributed by atoms with E-state index in [2.05, 4.69) is 38.4 Å². The number of halogens is 1. The lowest BCUT2D eigenvalue weighted by atomic mass is 10.2. The molecule has 0 radical (unpaired) electrons. The number of aliphatic hydroxyl groups excluding tert-OH is 1. The van der Waals surface area contributed by atoms with E-state index in [0.717, 1.165) is 28.2 Å². The van der Waals surface area contributed by atoms with Gasteiger partial charge < -0.3 is 15.0 Å². The van der Waals surface area contributed by atoms with Gasteiger partial charge in [-0.25, -0.2) is 4.98 Å². The smallest absolute Gasteiger partial charge is 0.240 e. The molecule has 0 spiro atoms. The molecule has 7 heteroatoms. The number of amides is 1. The Bertz CT molecular complexity index is 712. The number of aliphatic hydroxyl groups is 1. The molecule has 5 nitrogen and oxygen atoms in total. The summed E-state index contributed by atoms with van der Waals surface area (Å²) in [7, 11) is 0. The second kappa shape index (κ2) is 8.87. The Morgan fingerprint density at radius 3 is 2.72 bits per heavy atom. The molecule has 2 aromatic rings. The maximum absolute atomic E-state index is 12.3. The van der Waals surface area contributed by atoms with E-state index in [9.17, 15) is 9.90 Å². The average molecular weight is 424 g/mol. The first-order chi connectivity index (χ1) is 12.2. The Morgan fingerprint density at radius 1 is 1.32 bits per heavy atom. The molecule has 1 aromatic heterocycles. The summed E-state index contributed by atoms with van der Waals surface area (Å²) in [6.45, 7) is 0.0810. The van der Waals surface area contributed by atoms with Gasteiger partial charge in [-0.05, 0) is 30.5 Å². The SMILES string of the molecule is O=C(Cn1c(CO)cnc1SCc1ccc(Br)cc1)NC1CCCC1. The zero-order valence-corrected chi connectivity index (χ0v) is 16.4. The third-order valence-corrected chi connectivity index (χ3v) is 5.96. The summed E-state index contributed by atoms with van der Waals surface area (Å²) in [6.07, 6.45) is 6.15. The highest BCUT2D eigenvalue weighted by molar-refractivity contribution is 9.10. The van der Waals surface area contributed by atoms with E-state index in [1.165, 1.54) is 18.4 Å². The van der Waals surface area contributed by atoms with E-state index >= 15 is 0 Å². The molecule has 1 aliphatic rings. The normalized spacial score (nSPS) is 14.8. The van der Waals surface area contributed by atoms with Crippen molar-refractivity contribution < 1.29 is 9.90 Å². The van der Waals surface area contributed by atoms with Gasteiger partial charge in [-0.15, -0.1) is 0 Å². The number of carbonyl (C=O) groups excluding carboxylic acids is 1. The van der Waals surface area contributed by atoms with E-state index in [0.29, 0.717) is 11.7 Å². The number of nitrogens with zero attached hydrogens (tertiary/aromatic N) is 2. The zero-order chi connectivity index (χ0) is 17.6. The molecule has 0 saturated heterocycles. The van der Waals surface area contributed by atoms with Gasteiger partial charge in [-0.1, -0.05) is 52.7 Å². The van der Waals surface area contributed by atoms with Gasteiger partial charge in [0.1, 0.15) is 6.54 Å². The fourth-order valence-electron chi connectivity index (χ4n) is 3.02. The molecule has 1 saturated carbocycles. The lowest BCUT2D eigenvalue weighted by Crippen LogP contribution is -2.35. The minimum atomic E-state index is -0.122. The number of aromatic nitrogens is 2. The van der Waals surface area contributed by atoms with Crippen molar-refractivity contribution in [3.05, 3.63) is 46.2 Å². The molecule has 2 N–H and O–H groups in total. The van der Waals surface area contributed by atoms with Crippen LogP contribution in [0.1, 0.15) is 36.9 Å². The van der Waals surface area contributed by atoms with Crippen molar-refractivity contribution in [2.75, 3.05) is 0 Å². The number of carbonyl (C=O) groups is 1. The minimum absolute atomic E-state index is 0.00917. The molecule has 25 heavy (non-hydrogen) atoms. The maximum atomic E-state index is 12.3. The number of hydrogen-bond donors (Lipinski definition) is 2. The summed E-state index contributed by atoms with van der Waals surface area (Å²) < 4.78 is 2.86. The van der Waals surface area contributed by atoms with Gasteiger partial charge in [0, 0.05) is 16.3 Å². The highest BCUT2D eigenvalue weighted by atomic mass is 79.9. The Morgan fingerprint density at radius 2 is 2.04 bits per heavy atom. The van der Waals surface area contributed by atoms with E-state index in [4.69, 9.17) is 0 Å². The fraction of sp³-hybridized carbons (Fsp3) is 0.444. The molecular weight excluding hydrogens is 402 g/mol. The highest BCUT2D eigenvalue weighted by Gasteiger charge is 2.19. The Kier molecular flexibility index (Phi) is 6.56. The molecule has 3 rings (SSSR count). The lowest BCUT2D eigenvalue weighted by molar-refractivity contribution is -0.122. The van der Waals surface area contributed by atoms with Crippen molar-refractivity contribution in [2.24, 2.45) is 0 Å². The maximum Gasteiger partial charge on any atom is 0.240 e. The predicted octanol–water partition coefficient (Wildman–Crippen LogP) is 3.49. The summed E-state index contributed by atoms with van der Waals surface area (Å²) in [6, 6.07) is 8.44. The molecule has 0 bridgehead atoms.